The molecule has 1 aromatic heterocycles. The summed E-state index contributed by atoms with van der Waals surface area (Å²) >= 11 is 0. The van der Waals surface area contributed by atoms with Crippen molar-refractivity contribution in [2.45, 2.75) is 39.0 Å². The SMILES string of the molecule is CC(C)c1nc(C(=O)NCCC2CCCNC2)nn1-c1ccccc1F.Cl. The van der Waals surface area contributed by atoms with Crippen LogP contribution in [0.2, 0.25) is 0 Å². The highest BCUT2D eigenvalue weighted by Crippen LogP contribution is 2.19. The summed E-state index contributed by atoms with van der Waals surface area (Å²) in [6.45, 7) is 6.57. The van der Waals surface area contributed by atoms with E-state index in [4.69, 9.17) is 0 Å². The first kappa shape index (κ1) is 21.3. The van der Waals surface area contributed by atoms with E-state index < -0.39 is 5.82 Å². The van der Waals surface area contributed by atoms with Gasteiger partial charge in [0.15, 0.2) is 0 Å². The van der Waals surface area contributed by atoms with E-state index in [9.17, 15) is 9.18 Å². The summed E-state index contributed by atoms with van der Waals surface area (Å²) in [7, 11) is 0. The molecule has 27 heavy (non-hydrogen) atoms. The predicted octanol–water partition coefficient (Wildman–Crippen LogP) is 3.07. The van der Waals surface area contributed by atoms with Crippen molar-refractivity contribution in [3.63, 3.8) is 0 Å². The van der Waals surface area contributed by atoms with Crippen LogP contribution in [-0.2, 0) is 0 Å². The topological polar surface area (TPSA) is 71.8 Å². The van der Waals surface area contributed by atoms with Gasteiger partial charge in [-0.15, -0.1) is 17.5 Å². The van der Waals surface area contributed by atoms with Crippen molar-refractivity contribution < 1.29 is 9.18 Å². The molecule has 6 nitrogen and oxygen atoms in total. The van der Waals surface area contributed by atoms with Crippen molar-refractivity contribution in [3.8, 4) is 5.69 Å². The Kier molecular flexibility index (Phi) is 7.74. The van der Waals surface area contributed by atoms with Gasteiger partial charge in [0.2, 0.25) is 5.82 Å². The fourth-order valence-electron chi connectivity index (χ4n) is 3.23. The number of benzene rings is 1. The summed E-state index contributed by atoms with van der Waals surface area (Å²) in [6.07, 6.45) is 3.31. The first-order valence-electron chi connectivity index (χ1n) is 9.27. The number of carbonyl (C=O) groups excluding carboxylic acids is 1. The van der Waals surface area contributed by atoms with E-state index in [0.717, 1.165) is 19.5 Å². The number of halogens is 2. The minimum atomic E-state index is -0.393. The Balaban J connectivity index is 0.00000261. The molecule has 1 aliphatic heterocycles. The monoisotopic (exact) mass is 395 g/mol. The van der Waals surface area contributed by atoms with Crippen molar-refractivity contribution in [1.82, 2.24) is 25.4 Å². The summed E-state index contributed by atoms with van der Waals surface area (Å²) in [5.41, 5.74) is 0.302. The lowest BCUT2D eigenvalue weighted by molar-refractivity contribution is 0.0940. The van der Waals surface area contributed by atoms with Crippen LogP contribution in [0.5, 0.6) is 0 Å². The van der Waals surface area contributed by atoms with Gasteiger partial charge in [0, 0.05) is 12.5 Å². The molecule has 1 unspecified atom stereocenters. The minimum absolute atomic E-state index is 0. The third-order valence-electron chi connectivity index (χ3n) is 4.67. The summed E-state index contributed by atoms with van der Waals surface area (Å²) in [5, 5.41) is 10.5. The third kappa shape index (κ3) is 5.26. The van der Waals surface area contributed by atoms with Crippen LogP contribution in [0.3, 0.4) is 0 Å². The Labute approximate surface area is 165 Å². The quantitative estimate of drug-likeness (QED) is 0.788. The van der Waals surface area contributed by atoms with Crippen LogP contribution in [0.4, 0.5) is 4.39 Å². The maximum Gasteiger partial charge on any atom is 0.290 e. The molecule has 1 aliphatic rings. The van der Waals surface area contributed by atoms with Gasteiger partial charge >= 0.3 is 0 Å². The molecule has 2 aromatic rings. The van der Waals surface area contributed by atoms with Crippen molar-refractivity contribution in [2.75, 3.05) is 19.6 Å². The van der Waals surface area contributed by atoms with E-state index in [0.29, 0.717) is 24.0 Å². The fourth-order valence-corrected chi connectivity index (χ4v) is 3.23. The normalized spacial score (nSPS) is 16.8. The average Bonchev–Trinajstić information content (AvgIpc) is 3.08. The van der Waals surface area contributed by atoms with E-state index in [1.807, 2.05) is 13.8 Å². The molecular formula is C19H27ClFN5O. The molecule has 0 aliphatic carbocycles. The number of hydrogen-bond donors (Lipinski definition) is 2. The van der Waals surface area contributed by atoms with Gasteiger partial charge in [-0.05, 0) is 50.4 Å². The zero-order valence-corrected chi connectivity index (χ0v) is 16.6. The maximum absolute atomic E-state index is 14.1. The Morgan fingerprint density at radius 3 is 2.85 bits per heavy atom. The summed E-state index contributed by atoms with van der Waals surface area (Å²) in [6, 6.07) is 6.37. The van der Waals surface area contributed by atoms with Crippen LogP contribution < -0.4 is 10.6 Å². The van der Waals surface area contributed by atoms with Gasteiger partial charge in [0.1, 0.15) is 17.3 Å². The first-order chi connectivity index (χ1) is 12.6. The number of aromatic nitrogens is 3. The van der Waals surface area contributed by atoms with Gasteiger partial charge in [0.25, 0.3) is 5.91 Å². The number of carbonyl (C=O) groups is 1. The molecular weight excluding hydrogens is 369 g/mol. The number of nitrogens with one attached hydrogen (secondary N) is 2. The van der Waals surface area contributed by atoms with Crippen molar-refractivity contribution in [3.05, 3.63) is 41.7 Å². The highest BCUT2D eigenvalue weighted by atomic mass is 35.5. The molecule has 0 spiro atoms. The lowest BCUT2D eigenvalue weighted by Gasteiger charge is -2.22. The van der Waals surface area contributed by atoms with Crippen molar-refractivity contribution in [1.29, 1.82) is 0 Å². The largest absolute Gasteiger partial charge is 0.349 e. The van der Waals surface area contributed by atoms with Crippen LogP contribution in [0, 0.1) is 11.7 Å². The molecule has 1 fully saturated rings. The van der Waals surface area contributed by atoms with Crippen molar-refractivity contribution in [2.24, 2.45) is 5.92 Å². The zero-order chi connectivity index (χ0) is 18.5. The molecule has 3 rings (SSSR count). The van der Waals surface area contributed by atoms with Gasteiger partial charge in [0.05, 0.1) is 0 Å². The van der Waals surface area contributed by atoms with Crippen LogP contribution in [-0.4, -0.2) is 40.3 Å². The Hall–Kier alpha value is -1.99. The number of piperidine rings is 1. The highest BCUT2D eigenvalue weighted by molar-refractivity contribution is 5.90. The van der Waals surface area contributed by atoms with E-state index >= 15 is 0 Å². The fraction of sp³-hybridized carbons (Fsp3) is 0.526. The van der Waals surface area contributed by atoms with Gasteiger partial charge in [-0.25, -0.2) is 14.1 Å². The lowest BCUT2D eigenvalue weighted by Crippen LogP contribution is -2.33. The summed E-state index contributed by atoms with van der Waals surface area (Å²) < 4.78 is 15.6. The second-order valence-electron chi connectivity index (χ2n) is 7.07. The van der Waals surface area contributed by atoms with Crippen LogP contribution in [0.1, 0.15) is 55.5 Å². The van der Waals surface area contributed by atoms with Gasteiger partial charge in [-0.1, -0.05) is 26.0 Å². The molecule has 0 bridgehead atoms. The van der Waals surface area contributed by atoms with E-state index in [-0.39, 0.29) is 30.1 Å². The first-order valence-corrected chi connectivity index (χ1v) is 9.27. The average molecular weight is 396 g/mol. The number of para-hydroxylation sites is 1. The molecule has 148 valence electrons. The van der Waals surface area contributed by atoms with Crippen LogP contribution in [0.15, 0.2) is 24.3 Å². The van der Waals surface area contributed by atoms with E-state index in [1.54, 1.807) is 18.2 Å². The van der Waals surface area contributed by atoms with Gasteiger partial charge < -0.3 is 10.6 Å². The van der Waals surface area contributed by atoms with Crippen LogP contribution in [0.25, 0.3) is 5.69 Å². The summed E-state index contributed by atoms with van der Waals surface area (Å²) in [4.78, 5) is 16.8. The smallest absolute Gasteiger partial charge is 0.290 e. The van der Waals surface area contributed by atoms with Gasteiger partial charge in [-0.3, -0.25) is 4.79 Å². The van der Waals surface area contributed by atoms with E-state index in [1.165, 1.54) is 23.6 Å². The lowest BCUT2D eigenvalue weighted by atomic mass is 9.96. The number of rotatable bonds is 6. The Morgan fingerprint density at radius 2 is 2.19 bits per heavy atom. The number of hydrogen-bond acceptors (Lipinski definition) is 4. The molecule has 0 radical (unpaired) electrons. The molecule has 1 atom stereocenters. The third-order valence-corrected chi connectivity index (χ3v) is 4.67. The second-order valence-corrected chi connectivity index (χ2v) is 7.07. The molecule has 2 heterocycles. The van der Waals surface area contributed by atoms with Gasteiger partial charge in [-0.2, -0.15) is 0 Å². The molecule has 0 saturated carbocycles. The molecule has 1 amide bonds. The van der Waals surface area contributed by atoms with E-state index in [2.05, 4.69) is 20.7 Å². The number of nitrogens with zero attached hydrogens (tertiary/aromatic N) is 3. The van der Waals surface area contributed by atoms with Crippen LogP contribution >= 0.6 is 12.4 Å². The highest BCUT2D eigenvalue weighted by Gasteiger charge is 2.21. The molecule has 2 N–H and O–H groups in total. The zero-order valence-electron chi connectivity index (χ0n) is 15.7. The molecule has 8 heteroatoms. The molecule has 1 saturated heterocycles. The van der Waals surface area contributed by atoms with Crippen molar-refractivity contribution >= 4 is 18.3 Å². The predicted molar refractivity (Wildman–Crippen MR) is 105 cm³/mol. The number of amides is 1. The maximum atomic E-state index is 14.1. The summed E-state index contributed by atoms with van der Waals surface area (Å²) in [5.74, 6) is 0.549. The minimum Gasteiger partial charge on any atom is -0.349 e. The Bertz CT molecular complexity index is 758. The standard InChI is InChI=1S/C19H26FN5O.ClH/c1-13(2)18-23-17(24-25(18)16-8-4-3-7-15(16)20)19(26)22-11-9-14-6-5-10-21-12-14;/h3-4,7-8,13-14,21H,5-6,9-12H2,1-2H3,(H,22,26);1H. The molecule has 1 aromatic carbocycles. The Morgan fingerprint density at radius 1 is 1.41 bits per heavy atom. The second kappa shape index (κ2) is 9.80.